The number of nitrogens with one attached hydrogen (secondary N) is 1. The highest BCUT2D eigenvalue weighted by Crippen LogP contribution is 2.35. The molecule has 0 fully saturated rings. The number of hydrogen-bond donors (Lipinski definition) is 1. The van der Waals surface area contributed by atoms with Gasteiger partial charge in [0.25, 0.3) is 0 Å². The van der Waals surface area contributed by atoms with E-state index < -0.39 is 9.84 Å². The zero-order chi connectivity index (χ0) is 13.6. The van der Waals surface area contributed by atoms with Crippen LogP contribution < -0.4 is 5.32 Å². The number of fused-ring (bicyclic) bond motifs is 1. The summed E-state index contributed by atoms with van der Waals surface area (Å²) >= 11 is 0. The van der Waals surface area contributed by atoms with Crippen LogP contribution in [-0.4, -0.2) is 20.2 Å². The fourth-order valence-corrected chi connectivity index (χ4v) is 4.16. The van der Waals surface area contributed by atoms with Gasteiger partial charge in [-0.15, -0.1) is 0 Å². The lowest BCUT2D eigenvalue weighted by Gasteiger charge is -2.36. The largest absolute Gasteiger partial charge is 0.380 e. The van der Waals surface area contributed by atoms with E-state index in [4.69, 9.17) is 0 Å². The molecule has 0 saturated heterocycles. The molecule has 1 aliphatic rings. The lowest BCUT2D eigenvalue weighted by molar-refractivity contribution is 0.356. The molecule has 18 heavy (non-hydrogen) atoms. The minimum Gasteiger partial charge on any atom is -0.380 e. The smallest absolute Gasteiger partial charge is 0.182 e. The summed E-state index contributed by atoms with van der Waals surface area (Å²) in [5.74, 6) is 0.177. The normalized spacial score (nSPS) is 22.1. The van der Waals surface area contributed by atoms with E-state index >= 15 is 0 Å². The van der Waals surface area contributed by atoms with Crippen molar-refractivity contribution in [3.05, 3.63) is 23.8 Å². The zero-order valence-electron chi connectivity index (χ0n) is 11.4. The molecule has 0 radical (unpaired) electrons. The summed E-state index contributed by atoms with van der Waals surface area (Å²) < 4.78 is 24.7. The Bertz CT molecular complexity index is 556. The molecule has 1 aromatic carbocycles. The summed E-state index contributed by atoms with van der Waals surface area (Å²) in [7, 11) is -3.17. The molecular formula is C14H21NO2S. The number of benzene rings is 1. The van der Waals surface area contributed by atoms with Gasteiger partial charge in [0.05, 0.1) is 16.3 Å². The Morgan fingerprint density at radius 3 is 2.56 bits per heavy atom. The Hall–Kier alpha value is -1.03. The van der Waals surface area contributed by atoms with Gasteiger partial charge in [0.1, 0.15) is 0 Å². The minimum absolute atomic E-state index is 0.0394. The van der Waals surface area contributed by atoms with Crippen molar-refractivity contribution in [2.45, 2.75) is 45.1 Å². The third kappa shape index (κ3) is 2.39. The molecule has 0 amide bonds. The molecule has 4 heteroatoms. The molecule has 1 aliphatic heterocycles. The summed E-state index contributed by atoms with van der Waals surface area (Å²) in [5.41, 5.74) is 1.74. The molecule has 0 bridgehead atoms. The van der Waals surface area contributed by atoms with Crippen molar-refractivity contribution in [1.82, 2.24) is 0 Å². The van der Waals surface area contributed by atoms with Crippen molar-refractivity contribution in [1.29, 1.82) is 0 Å². The van der Waals surface area contributed by atoms with E-state index in [2.05, 4.69) is 26.1 Å². The standard InChI is InChI=1S/C14H21NO2S/c1-5-10-6-7-11-12(8-10)18(16,17)9-13(15-11)14(2,3)4/h6-8,13,15H,5,9H2,1-4H3. The van der Waals surface area contributed by atoms with Gasteiger partial charge in [-0.2, -0.15) is 0 Å². The van der Waals surface area contributed by atoms with Gasteiger partial charge in [0, 0.05) is 6.04 Å². The minimum atomic E-state index is -3.17. The van der Waals surface area contributed by atoms with Crippen LogP contribution in [0.4, 0.5) is 5.69 Å². The molecule has 1 unspecified atom stereocenters. The van der Waals surface area contributed by atoms with Gasteiger partial charge in [0.15, 0.2) is 9.84 Å². The Morgan fingerprint density at radius 1 is 1.33 bits per heavy atom. The van der Waals surface area contributed by atoms with Gasteiger partial charge in [-0.1, -0.05) is 33.8 Å². The molecule has 2 rings (SSSR count). The van der Waals surface area contributed by atoms with E-state index in [1.54, 1.807) is 6.07 Å². The second-order valence-electron chi connectivity index (χ2n) is 6.03. The van der Waals surface area contributed by atoms with Gasteiger partial charge in [0.2, 0.25) is 0 Å². The number of aryl methyl sites for hydroxylation is 1. The molecule has 1 atom stereocenters. The first-order chi connectivity index (χ1) is 8.24. The summed E-state index contributed by atoms with van der Waals surface area (Å²) in [6.07, 6.45) is 0.853. The maximum Gasteiger partial charge on any atom is 0.182 e. The quantitative estimate of drug-likeness (QED) is 0.851. The fraction of sp³-hybridized carbons (Fsp3) is 0.571. The van der Waals surface area contributed by atoms with Crippen LogP contribution in [0.25, 0.3) is 0 Å². The summed E-state index contributed by atoms with van der Waals surface area (Å²) in [6, 6.07) is 5.65. The highest BCUT2D eigenvalue weighted by molar-refractivity contribution is 7.91. The monoisotopic (exact) mass is 267 g/mol. The highest BCUT2D eigenvalue weighted by Gasteiger charge is 2.36. The first kappa shape index (κ1) is 13.4. The average Bonchev–Trinajstić information content (AvgIpc) is 2.26. The molecule has 100 valence electrons. The van der Waals surface area contributed by atoms with Crippen molar-refractivity contribution in [2.75, 3.05) is 11.1 Å². The van der Waals surface area contributed by atoms with E-state index in [-0.39, 0.29) is 17.2 Å². The highest BCUT2D eigenvalue weighted by atomic mass is 32.2. The zero-order valence-corrected chi connectivity index (χ0v) is 12.3. The van der Waals surface area contributed by atoms with Crippen LogP contribution >= 0.6 is 0 Å². The van der Waals surface area contributed by atoms with Crippen LogP contribution in [0, 0.1) is 5.41 Å². The molecule has 1 N–H and O–H groups in total. The van der Waals surface area contributed by atoms with Crippen molar-refractivity contribution < 1.29 is 8.42 Å². The summed E-state index contributed by atoms with van der Waals surface area (Å²) in [4.78, 5) is 0.461. The van der Waals surface area contributed by atoms with Gasteiger partial charge < -0.3 is 5.32 Å². The van der Waals surface area contributed by atoms with Crippen LogP contribution in [-0.2, 0) is 16.3 Å². The fourth-order valence-electron chi connectivity index (χ4n) is 2.17. The lowest BCUT2D eigenvalue weighted by atomic mass is 9.87. The molecule has 0 spiro atoms. The maximum absolute atomic E-state index is 12.4. The van der Waals surface area contributed by atoms with Crippen molar-refractivity contribution in [3.63, 3.8) is 0 Å². The molecule has 3 nitrogen and oxygen atoms in total. The second-order valence-corrected chi connectivity index (χ2v) is 8.03. The molecule has 0 aromatic heterocycles. The van der Waals surface area contributed by atoms with Crippen LogP contribution in [0.15, 0.2) is 23.1 Å². The van der Waals surface area contributed by atoms with Gasteiger partial charge in [-0.05, 0) is 29.5 Å². The number of sulfone groups is 1. The topological polar surface area (TPSA) is 46.2 Å². The number of anilines is 1. The van der Waals surface area contributed by atoms with E-state index in [0.29, 0.717) is 4.90 Å². The first-order valence-corrected chi connectivity index (χ1v) is 8.01. The van der Waals surface area contributed by atoms with E-state index in [1.807, 2.05) is 19.1 Å². The summed E-state index contributed by atoms with van der Waals surface area (Å²) in [6.45, 7) is 8.21. The molecule has 0 aliphatic carbocycles. The first-order valence-electron chi connectivity index (χ1n) is 6.36. The van der Waals surface area contributed by atoms with Gasteiger partial charge in [-0.3, -0.25) is 0 Å². The van der Waals surface area contributed by atoms with Crippen molar-refractivity contribution in [2.24, 2.45) is 5.41 Å². The van der Waals surface area contributed by atoms with E-state index in [9.17, 15) is 8.42 Å². The van der Waals surface area contributed by atoms with E-state index in [1.165, 1.54) is 0 Å². The van der Waals surface area contributed by atoms with Gasteiger partial charge >= 0.3 is 0 Å². The molecule has 1 aromatic rings. The lowest BCUT2D eigenvalue weighted by Crippen LogP contribution is -2.43. The van der Waals surface area contributed by atoms with Crippen molar-refractivity contribution in [3.8, 4) is 0 Å². The Kier molecular flexibility index (Phi) is 3.18. The van der Waals surface area contributed by atoms with Crippen LogP contribution in [0.5, 0.6) is 0 Å². The Morgan fingerprint density at radius 2 is 2.00 bits per heavy atom. The van der Waals surface area contributed by atoms with Gasteiger partial charge in [-0.25, -0.2) is 8.42 Å². The SMILES string of the molecule is CCc1ccc2c(c1)S(=O)(=O)CC(C(C)(C)C)N2. The molecular weight excluding hydrogens is 246 g/mol. The van der Waals surface area contributed by atoms with E-state index in [0.717, 1.165) is 17.7 Å². The third-order valence-corrected chi connectivity index (χ3v) is 5.33. The van der Waals surface area contributed by atoms with Crippen LogP contribution in [0.1, 0.15) is 33.3 Å². The van der Waals surface area contributed by atoms with Crippen molar-refractivity contribution >= 4 is 15.5 Å². The second kappa shape index (κ2) is 4.26. The van der Waals surface area contributed by atoms with Crippen LogP contribution in [0.3, 0.4) is 0 Å². The Balaban J connectivity index is 2.50. The predicted octanol–water partition coefficient (Wildman–Crippen LogP) is 2.86. The average molecular weight is 267 g/mol. The number of rotatable bonds is 1. The Labute approximate surface area is 110 Å². The predicted molar refractivity (Wildman–Crippen MR) is 74.7 cm³/mol. The molecule has 0 saturated carbocycles. The van der Waals surface area contributed by atoms with Crippen LogP contribution in [0.2, 0.25) is 0 Å². The third-order valence-electron chi connectivity index (χ3n) is 3.55. The number of hydrogen-bond acceptors (Lipinski definition) is 3. The summed E-state index contributed by atoms with van der Waals surface area (Å²) in [5, 5.41) is 3.36. The maximum atomic E-state index is 12.4. The molecule has 1 heterocycles.